The van der Waals surface area contributed by atoms with Crippen molar-refractivity contribution in [3.05, 3.63) is 41.5 Å². The first-order chi connectivity index (χ1) is 27.0. The van der Waals surface area contributed by atoms with Gasteiger partial charge in [0.1, 0.15) is 39.6 Å². The minimum atomic E-state index is -1.24. The van der Waals surface area contributed by atoms with Gasteiger partial charge < -0.3 is 34.1 Å². The van der Waals surface area contributed by atoms with Crippen molar-refractivity contribution in [2.24, 2.45) is 10.8 Å². The van der Waals surface area contributed by atoms with Gasteiger partial charge in [-0.15, -0.1) is 6.42 Å². The van der Waals surface area contributed by atoms with Crippen molar-refractivity contribution < 1.29 is 37.9 Å². The summed E-state index contributed by atoms with van der Waals surface area (Å²) in [5.41, 5.74) is -1.27. The molecule has 1 spiro atoms. The largest absolute Gasteiger partial charge is 0.508 e. The van der Waals surface area contributed by atoms with Gasteiger partial charge in [-0.3, -0.25) is 4.90 Å². The lowest BCUT2D eigenvalue weighted by molar-refractivity contribution is -0.154. The van der Waals surface area contributed by atoms with Crippen molar-refractivity contribution in [3.8, 4) is 41.2 Å². The molecule has 0 bridgehead atoms. The van der Waals surface area contributed by atoms with Crippen LogP contribution in [0.2, 0.25) is 0 Å². The molecule has 56 heavy (non-hydrogen) atoms. The molecule has 5 aliphatic rings. The van der Waals surface area contributed by atoms with E-state index in [-0.39, 0.29) is 75.1 Å². The van der Waals surface area contributed by atoms with Crippen LogP contribution in [0.3, 0.4) is 0 Å². The lowest BCUT2D eigenvalue weighted by Crippen LogP contribution is -2.63. The lowest BCUT2D eigenvalue weighted by atomic mass is 9.52. The van der Waals surface area contributed by atoms with Gasteiger partial charge in [-0.1, -0.05) is 18.4 Å². The number of rotatable bonds is 8. The summed E-state index contributed by atoms with van der Waals surface area (Å²) in [7, 11) is 3.22. The van der Waals surface area contributed by atoms with Crippen molar-refractivity contribution in [1.82, 2.24) is 19.9 Å². The number of piperidine rings is 1. The smallest absolute Gasteiger partial charge is 0.319 e. The minimum Gasteiger partial charge on any atom is -0.508 e. The third-order valence-corrected chi connectivity index (χ3v) is 13.4. The lowest BCUT2D eigenvalue weighted by Gasteiger charge is -2.62. The molecular weight excluding hydrogens is 720 g/mol. The van der Waals surface area contributed by atoms with Gasteiger partial charge >= 0.3 is 6.01 Å². The fourth-order valence-electron chi connectivity index (χ4n) is 10.8. The van der Waals surface area contributed by atoms with Crippen LogP contribution in [-0.4, -0.2) is 108 Å². The molecule has 9 rings (SSSR count). The van der Waals surface area contributed by atoms with E-state index in [9.17, 15) is 10.2 Å². The highest BCUT2D eigenvalue weighted by Gasteiger charge is 2.58. The molecule has 2 N–H and O–H groups in total. The first-order valence-electron chi connectivity index (χ1n) is 19.8. The van der Waals surface area contributed by atoms with Gasteiger partial charge in [0.05, 0.1) is 45.1 Å². The number of phenols is 1. The fraction of sp³-hybridized carbons (Fsp3) is 0.558. The number of terminal acetylenes is 1. The molecule has 296 valence electrons. The Morgan fingerprint density at radius 3 is 2.61 bits per heavy atom. The van der Waals surface area contributed by atoms with E-state index in [1.807, 2.05) is 12.0 Å². The van der Waals surface area contributed by atoms with E-state index in [1.54, 1.807) is 6.92 Å². The summed E-state index contributed by atoms with van der Waals surface area (Å²) < 4.78 is 56.3. The predicted molar refractivity (Wildman–Crippen MR) is 207 cm³/mol. The van der Waals surface area contributed by atoms with Gasteiger partial charge in [-0.25, -0.2) is 13.8 Å². The van der Waals surface area contributed by atoms with E-state index in [2.05, 4.69) is 15.8 Å². The molecule has 3 atom stereocenters. The zero-order chi connectivity index (χ0) is 39.0. The zero-order valence-electron chi connectivity index (χ0n) is 32.2. The van der Waals surface area contributed by atoms with Crippen molar-refractivity contribution in [1.29, 1.82) is 0 Å². The molecule has 4 heterocycles. The molecule has 2 aliphatic heterocycles. The van der Waals surface area contributed by atoms with Crippen LogP contribution in [0.1, 0.15) is 70.3 Å². The van der Waals surface area contributed by atoms with Crippen molar-refractivity contribution >= 4 is 27.5 Å². The third kappa shape index (κ3) is 6.20. The summed E-state index contributed by atoms with van der Waals surface area (Å²) in [5, 5.41) is 22.8. The van der Waals surface area contributed by atoms with Gasteiger partial charge in [0, 0.05) is 42.1 Å². The Morgan fingerprint density at radius 1 is 1.04 bits per heavy atom. The number of likely N-dealkylation sites (tertiary alicyclic amines) is 1. The van der Waals surface area contributed by atoms with Crippen LogP contribution in [0.15, 0.2) is 24.3 Å². The molecule has 2 aromatic heterocycles. The van der Waals surface area contributed by atoms with Crippen molar-refractivity contribution in [3.63, 3.8) is 0 Å². The molecule has 2 saturated heterocycles. The first kappa shape index (κ1) is 37.2. The first-order valence-corrected chi connectivity index (χ1v) is 19.8. The maximum absolute atomic E-state index is 17.4. The molecule has 4 aromatic rings. The number of β-amino-alcohol motifs (C(OH)–C–C–N with tert-alkyl or cyclic N) is 1. The van der Waals surface area contributed by atoms with E-state index in [0.29, 0.717) is 48.7 Å². The van der Waals surface area contributed by atoms with Gasteiger partial charge in [0.2, 0.25) is 5.88 Å². The van der Waals surface area contributed by atoms with Crippen molar-refractivity contribution in [2.75, 3.05) is 58.6 Å². The van der Waals surface area contributed by atoms with Crippen LogP contribution in [0.5, 0.6) is 17.6 Å². The van der Waals surface area contributed by atoms with Gasteiger partial charge in [0.15, 0.2) is 5.82 Å². The van der Waals surface area contributed by atoms with E-state index < -0.39 is 17.2 Å². The average molecular weight is 770 g/mol. The van der Waals surface area contributed by atoms with Gasteiger partial charge in [-0.05, 0) is 93.8 Å². The van der Waals surface area contributed by atoms with E-state index in [0.717, 1.165) is 51.5 Å². The van der Waals surface area contributed by atoms with Crippen LogP contribution in [0.25, 0.3) is 32.9 Å². The molecule has 5 fully saturated rings. The number of anilines is 1. The maximum Gasteiger partial charge on any atom is 0.319 e. The average Bonchev–Trinajstić information content (AvgIpc) is 3.50. The number of aliphatic hydroxyl groups is 1. The van der Waals surface area contributed by atoms with Crippen LogP contribution < -0.4 is 14.4 Å². The number of nitrogens with zero attached hydrogens (tertiary/aromatic N) is 5. The Morgan fingerprint density at radius 2 is 1.84 bits per heavy atom. The number of hydrogen-bond acceptors (Lipinski definition) is 11. The molecular formula is C43H49F2N5O6. The van der Waals surface area contributed by atoms with Crippen LogP contribution in [0, 0.1) is 34.8 Å². The number of aromatic nitrogens is 3. The van der Waals surface area contributed by atoms with Crippen molar-refractivity contribution in [2.45, 2.75) is 88.5 Å². The molecule has 0 radical (unpaired) electrons. The molecule has 3 aliphatic carbocycles. The maximum atomic E-state index is 17.4. The number of phenolic OH excluding ortho intramolecular Hbond substituents is 1. The quantitative estimate of drug-likeness (QED) is 0.194. The minimum absolute atomic E-state index is 0.00293. The molecule has 3 saturated carbocycles. The summed E-state index contributed by atoms with van der Waals surface area (Å²) in [6.45, 7) is 4.01. The normalized spacial score (nSPS) is 30.4. The number of aromatic hydroxyl groups is 1. The summed E-state index contributed by atoms with van der Waals surface area (Å²) in [4.78, 5) is 18.8. The summed E-state index contributed by atoms with van der Waals surface area (Å²) in [5.74, 6) is 0.969. The number of halogens is 2. The zero-order valence-corrected chi connectivity index (χ0v) is 32.2. The van der Waals surface area contributed by atoms with E-state index >= 15 is 8.78 Å². The number of pyridine rings is 1. The number of hydrogen-bond donors (Lipinski definition) is 2. The highest BCUT2D eigenvalue weighted by Crippen LogP contribution is 2.60. The second-order valence-electron chi connectivity index (χ2n) is 17.2. The Kier molecular flexibility index (Phi) is 9.27. The topological polar surface area (TPSA) is 123 Å². The Hall–Kier alpha value is -4.35. The van der Waals surface area contributed by atoms with Crippen LogP contribution in [-0.2, 0) is 9.47 Å². The van der Waals surface area contributed by atoms with Crippen LogP contribution in [0.4, 0.5) is 14.6 Å². The molecule has 11 nitrogen and oxygen atoms in total. The predicted octanol–water partition coefficient (Wildman–Crippen LogP) is 6.38. The molecule has 0 amide bonds. The molecule has 2 aromatic carbocycles. The Labute approximate surface area is 325 Å². The summed E-state index contributed by atoms with van der Waals surface area (Å²) in [6.07, 6.45) is 16.3. The van der Waals surface area contributed by atoms with E-state index in [4.69, 9.17) is 35.3 Å². The van der Waals surface area contributed by atoms with Gasteiger partial charge in [0.25, 0.3) is 0 Å². The second kappa shape index (κ2) is 13.9. The van der Waals surface area contributed by atoms with E-state index in [1.165, 1.54) is 44.2 Å². The molecule has 13 heteroatoms. The highest BCUT2D eigenvalue weighted by molar-refractivity contribution is 6.04. The number of methoxy groups -OCH3 is 2. The monoisotopic (exact) mass is 769 g/mol. The SMILES string of the molecule is C#Cc1c(F)ccc2cc(O)cc(-c3nc(OC)c4c(N5CCOC[C@@](C)(O)C5)nc(OC[C@]56CCC[C@H]5N(C5CC7(CC(OC)C7)C5)CCC6)nc4c3F)c12. The number of benzene rings is 2. The highest BCUT2D eigenvalue weighted by atomic mass is 19.1. The van der Waals surface area contributed by atoms with Crippen LogP contribution >= 0.6 is 0 Å². The Bertz CT molecular complexity index is 2230. The fourth-order valence-corrected chi connectivity index (χ4v) is 10.8. The van der Waals surface area contributed by atoms with Gasteiger partial charge in [-0.2, -0.15) is 9.97 Å². The number of fused-ring (bicyclic) bond motifs is 3. The summed E-state index contributed by atoms with van der Waals surface area (Å²) >= 11 is 0. The molecule has 0 unspecified atom stereocenters. The third-order valence-electron chi connectivity index (χ3n) is 13.4. The Balaban J connectivity index is 1.12. The summed E-state index contributed by atoms with van der Waals surface area (Å²) in [6, 6.07) is 6.37. The standard InChI is InChI=1S/C43H49F2N5O6/c1-5-29-31(44)10-9-25-16-27(51)17-30(33(25)29)36-35(45)37-34(39(46-36)54-4)38(49-14-15-55-23-41(2,52)22-49)48-40(47-37)56-24-43-11-6-8-32(43)50(13-7-12-43)26-18-42(19-26)20-28(21-42)53-3/h1,9-10,16-17,26,28,32,51-52H,6-8,11-15,18-24H2,2-4H3/t26?,28?,32-,41+,42?,43-/m1/s1. The second-order valence-corrected chi connectivity index (χ2v) is 17.2. The number of ether oxygens (including phenoxy) is 4.